The van der Waals surface area contributed by atoms with Crippen molar-refractivity contribution >= 4 is 82.5 Å². The zero-order valence-electron chi connectivity index (χ0n) is 60.1. The Hall–Kier alpha value is -6.28. The van der Waals surface area contributed by atoms with E-state index in [0.717, 1.165) is 43.4 Å². The topological polar surface area (TPSA) is 270 Å². The van der Waals surface area contributed by atoms with E-state index in [-0.39, 0.29) is 89.1 Å². The molecule has 7 aliphatic rings. The van der Waals surface area contributed by atoms with Gasteiger partial charge >= 0.3 is 6.18 Å². The standard InChI is InChI=1S/C70H112ClF3N12O12/c1-13-43(4)57-66(96)78(7)41-56(88)85-36-23-27-52(85)63(93)81(10)53(39-46-24-16-14-17-25-46)64(94)80(9)45(6)59(89)75-50(31-29-47-28-30-48(49(71)38-47)70(72,73)74)62(92)86-37-22-26-51(86)61(91)77-69(32-18-19-33-69)68(98)83(12)58(42(2)3)67(97)82(11)54(65(95)84-34-20-15-21-35-84)40-55(87)79(8)44(5)60(90)76-57/h42-54,57-58H,13-41H2,1-12H3,(H,75,89)(H,76,90)(H,77,91)/t43-,44-,45+,47?,48?,49?,50-,51-,52-,53-,54-,57-,58-/m0/s1. The number of hydrogen-bond acceptors (Lipinski definition) is 12. The van der Waals surface area contributed by atoms with Crippen LogP contribution in [0.25, 0.3) is 0 Å². The molecule has 0 bridgehead atoms. The molecule has 13 atom stereocenters. The van der Waals surface area contributed by atoms with Gasteiger partial charge in [0.05, 0.1) is 18.9 Å². The Balaban J connectivity index is 1.26. The number of carbonyl (C=O) groups excluding carboxylic acids is 12. The van der Waals surface area contributed by atoms with E-state index in [9.17, 15) is 46.7 Å². The second kappa shape index (κ2) is 34.4. The van der Waals surface area contributed by atoms with Crippen molar-refractivity contribution in [1.82, 2.24) is 60.0 Å². The minimum absolute atomic E-state index is 0.00117. The second-order valence-corrected chi connectivity index (χ2v) is 30.5. The predicted octanol–water partition coefficient (Wildman–Crippen LogP) is 5.46. The summed E-state index contributed by atoms with van der Waals surface area (Å²) in [7, 11) is 8.60. The first-order valence-electron chi connectivity index (χ1n) is 36.3. The Morgan fingerprint density at radius 3 is 1.78 bits per heavy atom. The summed E-state index contributed by atoms with van der Waals surface area (Å²) in [4.78, 5) is 191. The normalized spacial score (nSPS) is 31.4. The molecule has 0 aromatic carbocycles. The molecule has 24 nitrogen and oxygen atoms in total. The molecule has 0 aromatic rings. The molecule has 552 valence electrons. The van der Waals surface area contributed by atoms with Crippen molar-refractivity contribution in [2.24, 2.45) is 29.6 Å². The van der Waals surface area contributed by atoms with Crippen LogP contribution in [0, 0.1) is 29.6 Å². The molecule has 0 radical (unpaired) electrons. The van der Waals surface area contributed by atoms with Crippen LogP contribution in [0.2, 0.25) is 0 Å². The zero-order chi connectivity index (χ0) is 72.4. The molecule has 3 saturated carbocycles. The van der Waals surface area contributed by atoms with Gasteiger partial charge in [0.25, 0.3) is 0 Å². The van der Waals surface area contributed by atoms with Gasteiger partial charge in [0.15, 0.2) is 0 Å². The lowest BCUT2D eigenvalue weighted by Crippen LogP contribution is -2.65. The quantitative estimate of drug-likeness (QED) is 0.243. The molecule has 3 aliphatic carbocycles. The summed E-state index contributed by atoms with van der Waals surface area (Å²) in [5, 5.41) is 7.54. The molecule has 4 aliphatic heterocycles. The number of halogens is 4. The average molecular weight is 1410 g/mol. The fourth-order valence-electron chi connectivity index (χ4n) is 16.2. The fraction of sp³-hybridized carbons (Fsp3) is 0.829. The van der Waals surface area contributed by atoms with E-state index < -0.39 is 173 Å². The average Bonchev–Trinajstić information content (AvgIpc) is 1.48. The van der Waals surface area contributed by atoms with Crippen molar-refractivity contribution in [2.45, 2.75) is 267 Å². The summed E-state index contributed by atoms with van der Waals surface area (Å²) in [6.07, 6.45) is 4.86. The minimum Gasteiger partial charge on any atom is -0.343 e. The van der Waals surface area contributed by atoms with E-state index in [1.807, 2.05) is 6.92 Å². The highest BCUT2D eigenvalue weighted by Crippen LogP contribution is 2.44. The van der Waals surface area contributed by atoms with Gasteiger partial charge in [-0.05, 0) is 134 Å². The smallest absolute Gasteiger partial charge is 0.343 e. The van der Waals surface area contributed by atoms with Gasteiger partial charge in [0, 0.05) is 73.8 Å². The molecule has 0 aromatic heterocycles. The highest BCUT2D eigenvalue weighted by Gasteiger charge is 2.52. The van der Waals surface area contributed by atoms with Gasteiger partial charge in [0.2, 0.25) is 70.9 Å². The van der Waals surface area contributed by atoms with E-state index in [2.05, 4.69) is 16.0 Å². The third-order valence-corrected chi connectivity index (χ3v) is 23.5. The lowest BCUT2D eigenvalue weighted by atomic mass is 9.78. The van der Waals surface area contributed by atoms with Crippen LogP contribution < -0.4 is 16.0 Å². The third kappa shape index (κ3) is 18.4. The summed E-state index contributed by atoms with van der Waals surface area (Å²) in [5.41, 5.74) is -1.56. The molecule has 4 heterocycles. The number of carbonyl (C=O) groups is 12. The van der Waals surface area contributed by atoms with E-state index in [0.29, 0.717) is 58.0 Å². The number of rotatable bonds is 9. The first kappa shape index (κ1) is 79.1. The van der Waals surface area contributed by atoms with Crippen molar-refractivity contribution in [2.75, 3.05) is 75.0 Å². The zero-order valence-corrected chi connectivity index (χ0v) is 60.9. The Kier molecular flexibility index (Phi) is 27.7. The lowest BCUT2D eigenvalue weighted by molar-refractivity contribution is -0.182. The van der Waals surface area contributed by atoms with Crippen LogP contribution >= 0.6 is 11.6 Å². The Bertz CT molecular complexity index is 2890. The van der Waals surface area contributed by atoms with E-state index in [1.54, 1.807) is 25.7 Å². The summed E-state index contributed by atoms with van der Waals surface area (Å²) in [5.74, 6) is -10.6. The number of alkyl halides is 4. The van der Waals surface area contributed by atoms with Gasteiger partial charge in [-0.1, -0.05) is 79.1 Å². The van der Waals surface area contributed by atoms with Crippen LogP contribution in [0.15, 0.2) is 0 Å². The highest BCUT2D eigenvalue weighted by molar-refractivity contribution is 6.21. The summed E-state index contributed by atoms with van der Waals surface area (Å²) in [6.45, 7) is 10.5. The molecule has 28 heteroatoms. The number of hydrogen-bond donors (Lipinski definition) is 3. The van der Waals surface area contributed by atoms with Crippen molar-refractivity contribution < 1.29 is 70.7 Å². The predicted molar refractivity (Wildman–Crippen MR) is 361 cm³/mol. The van der Waals surface area contributed by atoms with E-state index in [4.69, 9.17) is 11.6 Å². The van der Waals surface area contributed by atoms with Crippen molar-refractivity contribution in [3.05, 3.63) is 0 Å². The van der Waals surface area contributed by atoms with Gasteiger partial charge in [-0.15, -0.1) is 11.6 Å². The monoisotopic (exact) mass is 1400 g/mol. The van der Waals surface area contributed by atoms with Gasteiger partial charge in [-0.3, -0.25) is 57.5 Å². The summed E-state index contributed by atoms with van der Waals surface area (Å²) in [6, 6.07) is -11.0. The number of nitrogens with one attached hydrogen (secondary N) is 3. The number of amides is 12. The van der Waals surface area contributed by atoms with Crippen LogP contribution in [0.3, 0.4) is 0 Å². The maximum Gasteiger partial charge on any atom is 0.393 e. The van der Waals surface area contributed by atoms with Crippen molar-refractivity contribution in [3.63, 3.8) is 0 Å². The fourth-order valence-corrected chi connectivity index (χ4v) is 16.7. The highest BCUT2D eigenvalue weighted by atomic mass is 35.5. The molecular formula is C70H112ClF3N12O12. The maximum atomic E-state index is 15.4. The van der Waals surface area contributed by atoms with Gasteiger partial charge in [0.1, 0.15) is 59.9 Å². The maximum absolute atomic E-state index is 15.4. The molecule has 1 spiro atoms. The number of nitrogens with zero attached hydrogens (tertiary/aromatic N) is 9. The minimum atomic E-state index is -4.51. The van der Waals surface area contributed by atoms with Gasteiger partial charge < -0.3 is 60.0 Å². The first-order chi connectivity index (χ1) is 46.1. The lowest BCUT2D eigenvalue weighted by Gasteiger charge is -2.42. The van der Waals surface area contributed by atoms with Gasteiger partial charge in [-0.2, -0.15) is 13.2 Å². The van der Waals surface area contributed by atoms with E-state index >= 15 is 24.0 Å². The van der Waals surface area contributed by atoms with Crippen LogP contribution in [0.1, 0.15) is 196 Å². The largest absolute Gasteiger partial charge is 0.393 e. The Morgan fingerprint density at radius 1 is 0.582 bits per heavy atom. The molecule has 3 N–H and O–H groups in total. The molecule has 7 rings (SSSR count). The SMILES string of the molecule is CC[C@H](C)[C@@H]1NC(=O)[C@H](C)N(C)C(=O)C[C@@H](C(=O)N2CCCCC2)N(C)C(=O)[C@H](C(C)C)N(C)C(=O)C2(CCCC2)NC(=O)[C@@H]2CCCN2C(=O)[C@H](CCC2CCC(C(F)(F)F)C(Cl)C2)NC(=O)[C@@H](C)N(C)C(=O)[C@H](CC2CCCCC2)N(C)C(=O)[C@@H]2CCCN2C(=O)CN(C)C1=O. The molecule has 98 heavy (non-hydrogen) atoms. The van der Waals surface area contributed by atoms with Crippen molar-refractivity contribution in [1.29, 1.82) is 0 Å². The first-order valence-corrected chi connectivity index (χ1v) is 36.7. The van der Waals surface area contributed by atoms with Crippen LogP contribution in [-0.2, 0) is 57.5 Å². The van der Waals surface area contributed by atoms with Crippen LogP contribution in [0.4, 0.5) is 13.2 Å². The number of piperidine rings is 1. The summed E-state index contributed by atoms with van der Waals surface area (Å²) < 4.78 is 42.1. The number of likely N-dealkylation sites (N-methyl/N-ethyl adjacent to an activating group) is 6. The van der Waals surface area contributed by atoms with Gasteiger partial charge in [-0.25, -0.2) is 0 Å². The third-order valence-electron chi connectivity index (χ3n) is 23.0. The van der Waals surface area contributed by atoms with Crippen LogP contribution in [0.5, 0.6) is 0 Å². The summed E-state index contributed by atoms with van der Waals surface area (Å²) >= 11 is 6.42. The molecule has 7 fully saturated rings. The Labute approximate surface area is 582 Å². The number of fused-ring (bicyclic) bond motifs is 2. The molecule has 12 amide bonds. The Morgan fingerprint density at radius 2 is 1.17 bits per heavy atom. The molecule has 4 saturated heterocycles. The number of likely N-dealkylation sites (tertiary alicyclic amines) is 1. The molecule has 3 unspecified atom stereocenters. The second-order valence-electron chi connectivity index (χ2n) is 29.9. The molecular weight excluding hydrogens is 1290 g/mol. The van der Waals surface area contributed by atoms with Crippen molar-refractivity contribution in [3.8, 4) is 0 Å². The van der Waals surface area contributed by atoms with E-state index in [1.165, 1.54) is 90.4 Å². The van der Waals surface area contributed by atoms with Crippen LogP contribution in [-0.4, -0.2) is 261 Å².